The SMILES string of the molecule is CN1CC/C(=C2/C(=O)Nc3ccc(Cl)cc32)C1=O. The molecule has 0 unspecified atom stereocenters. The van der Waals surface area contributed by atoms with E-state index in [4.69, 9.17) is 11.6 Å². The van der Waals surface area contributed by atoms with Gasteiger partial charge in [-0.1, -0.05) is 11.6 Å². The van der Waals surface area contributed by atoms with Crippen LogP contribution in [0.4, 0.5) is 5.69 Å². The maximum atomic E-state index is 12.0. The largest absolute Gasteiger partial charge is 0.342 e. The van der Waals surface area contributed by atoms with Gasteiger partial charge in [-0.15, -0.1) is 0 Å². The quantitative estimate of drug-likeness (QED) is 0.726. The number of nitrogens with zero attached hydrogens (tertiary/aromatic N) is 1. The average molecular weight is 263 g/mol. The number of halogens is 1. The summed E-state index contributed by atoms with van der Waals surface area (Å²) in [4.78, 5) is 25.6. The van der Waals surface area contributed by atoms with Gasteiger partial charge in [0, 0.05) is 35.4 Å². The molecule has 1 aromatic rings. The summed E-state index contributed by atoms with van der Waals surface area (Å²) in [5.74, 6) is -0.293. The lowest BCUT2D eigenvalue weighted by Crippen LogP contribution is -2.20. The molecular weight excluding hydrogens is 252 g/mol. The fourth-order valence-electron chi connectivity index (χ4n) is 2.39. The highest BCUT2D eigenvalue weighted by Crippen LogP contribution is 2.38. The molecule has 1 aromatic carbocycles. The Balaban J connectivity index is 2.20. The van der Waals surface area contributed by atoms with Crippen LogP contribution in [-0.2, 0) is 9.59 Å². The molecule has 4 nitrogen and oxygen atoms in total. The van der Waals surface area contributed by atoms with Crippen LogP contribution in [0.1, 0.15) is 12.0 Å². The Bertz CT molecular complexity index is 607. The topological polar surface area (TPSA) is 49.4 Å². The Kier molecular flexibility index (Phi) is 2.41. The number of hydrogen-bond donors (Lipinski definition) is 1. The van der Waals surface area contributed by atoms with E-state index in [1.165, 1.54) is 0 Å². The molecule has 0 saturated carbocycles. The minimum Gasteiger partial charge on any atom is -0.342 e. The van der Waals surface area contributed by atoms with Gasteiger partial charge in [0.15, 0.2) is 0 Å². The van der Waals surface area contributed by atoms with E-state index in [-0.39, 0.29) is 11.8 Å². The summed E-state index contributed by atoms with van der Waals surface area (Å²) in [5.41, 5.74) is 2.50. The minimum atomic E-state index is -0.217. The normalized spacial score (nSPS) is 22.4. The molecule has 1 N–H and O–H groups in total. The van der Waals surface area contributed by atoms with E-state index in [0.717, 1.165) is 5.56 Å². The van der Waals surface area contributed by atoms with Crippen molar-refractivity contribution in [1.82, 2.24) is 4.90 Å². The van der Waals surface area contributed by atoms with Gasteiger partial charge < -0.3 is 10.2 Å². The predicted octanol–water partition coefficient (Wildman–Crippen LogP) is 1.91. The Morgan fingerprint density at radius 3 is 2.78 bits per heavy atom. The highest BCUT2D eigenvalue weighted by atomic mass is 35.5. The third kappa shape index (κ3) is 1.53. The van der Waals surface area contributed by atoms with Crippen LogP contribution in [0.2, 0.25) is 5.02 Å². The number of likely N-dealkylation sites (tertiary alicyclic amines) is 1. The fourth-order valence-corrected chi connectivity index (χ4v) is 2.56. The predicted molar refractivity (Wildman–Crippen MR) is 69.3 cm³/mol. The number of benzene rings is 1. The lowest BCUT2D eigenvalue weighted by molar-refractivity contribution is -0.123. The van der Waals surface area contributed by atoms with E-state index in [9.17, 15) is 9.59 Å². The van der Waals surface area contributed by atoms with Crippen molar-refractivity contribution in [1.29, 1.82) is 0 Å². The zero-order valence-electron chi connectivity index (χ0n) is 9.79. The number of anilines is 1. The van der Waals surface area contributed by atoms with Gasteiger partial charge >= 0.3 is 0 Å². The highest BCUT2D eigenvalue weighted by molar-refractivity contribution is 6.37. The first-order chi connectivity index (χ1) is 8.58. The molecule has 1 saturated heterocycles. The van der Waals surface area contributed by atoms with E-state index in [1.54, 1.807) is 30.1 Å². The highest BCUT2D eigenvalue weighted by Gasteiger charge is 2.34. The first kappa shape index (κ1) is 11.3. The van der Waals surface area contributed by atoms with Gasteiger partial charge in [0.2, 0.25) is 5.91 Å². The van der Waals surface area contributed by atoms with Gasteiger partial charge in [-0.05, 0) is 24.6 Å². The van der Waals surface area contributed by atoms with E-state index in [2.05, 4.69) is 5.32 Å². The van der Waals surface area contributed by atoms with Gasteiger partial charge in [0.05, 0.1) is 5.57 Å². The van der Waals surface area contributed by atoms with Crippen molar-refractivity contribution >= 4 is 34.7 Å². The Labute approximate surface area is 109 Å². The van der Waals surface area contributed by atoms with E-state index < -0.39 is 0 Å². The lowest BCUT2D eigenvalue weighted by Gasteiger charge is -2.06. The summed E-state index contributed by atoms with van der Waals surface area (Å²) < 4.78 is 0. The third-order valence-electron chi connectivity index (χ3n) is 3.33. The molecule has 1 fully saturated rings. The van der Waals surface area contributed by atoms with Gasteiger partial charge in [-0.25, -0.2) is 0 Å². The van der Waals surface area contributed by atoms with E-state index in [1.807, 2.05) is 0 Å². The summed E-state index contributed by atoms with van der Waals surface area (Å²) in [5, 5.41) is 3.32. The molecule has 2 heterocycles. The smallest absolute Gasteiger partial charge is 0.256 e. The number of fused-ring (bicyclic) bond motifs is 1. The van der Waals surface area contributed by atoms with Crippen molar-refractivity contribution in [2.45, 2.75) is 6.42 Å². The van der Waals surface area contributed by atoms with Gasteiger partial charge in [0.1, 0.15) is 0 Å². The number of hydrogen-bond acceptors (Lipinski definition) is 2. The van der Waals surface area contributed by atoms with Crippen molar-refractivity contribution in [3.05, 3.63) is 34.4 Å². The van der Waals surface area contributed by atoms with Crippen molar-refractivity contribution in [2.24, 2.45) is 0 Å². The van der Waals surface area contributed by atoms with Crippen LogP contribution in [-0.4, -0.2) is 30.3 Å². The summed E-state index contributed by atoms with van der Waals surface area (Å²) in [7, 11) is 1.74. The molecule has 0 radical (unpaired) electrons. The number of rotatable bonds is 0. The molecular formula is C13H11ClN2O2. The molecule has 92 valence electrons. The Morgan fingerprint density at radius 2 is 2.11 bits per heavy atom. The van der Waals surface area contributed by atoms with Crippen LogP contribution >= 0.6 is 11.6 Å². The summed E-state index contributed by atoms with van der Waals surface area (Å²) in [6, 6.07) is 5.20. The molecule has 2 aliphatic heterocycles. The third-order valence-corrected chi connectivity index (χ3v) is 3.57. The average Bonchev–Trinajstić information content (AvgIpc) is 2.81. The summed E-state index contributed by atoms with van der Waals surface area (Å²) in [6.45, 7) is 0.654. The molecule has 2 aliphatic rings. The van der Waals surface area contributed by atoms with Crippen molar-refractivity contribution in [3.8, 4) is 0 Å². The van der Waals surface area contributed by atoms with E-state index in [0.29, 0.717) is 34.8 Å². The van der Waals surface area contributed by atoms with Crippen molar-refractivity contribution in [3.63, 3.8) is 0 Å². The lowest BCUT2D eigenvalue weighted by atomic mass is 10.00. The molecule has 0 aromatic heterocycles. The van der Waals surface area contributed by atoms with Crippen molar-refractivity contribution in [2.75, 3.05) is 18.9 Å². The zero-order chi connectivity index (χ0) is 12.9. The van der Waals surface area contributed by atoms with Crippen LogP contribution in [0.5, 0.6) is 0 Å². The van der Waals surface area contributed by atoms with Gasteiger partial charge in [-0.3, -0.25) is 9.59 Å². The first-order valence-electron chi connectivity index (χ1n) is 5.68. The standard InChI is InChI=1S/C13H11ClN2O2/c1-16-5-4-8(13(16)18)11-9-6-7(14)2-3-10(9)15-12(11)17/h2-3,6H,4-5H2,1H3,(H,15,17)/b11-8-. The van der Waals surface area contributed by atoms with Crippen LogP contribution in [0.15, 0.2) is 23.8 Å². The number of nitrogens with one attached hydrogen (secondary N) is 1. The molecule has 0 bridgehead atoms. The number of amides is 2. The van der Waals surface area contributed by atoms with E-state index >= 15 is 0 Å². The fraction of sp³-hybridized carbons (Fsp3) is 0.231. The second-order valence-corrected chi connectivity index (χ2v) is 4.91. The molecule has 0 atom stereocenters. The van der Waals surface area contributed by atoms with Crippen LogP contribution in [0.3, 0.4) is 0 Å². The number of carbonyl (C=O) groups is 2. The maximum Gasteiger partial charge on any atom is 0.256 e. The molecule has 0 aliphatic carbocycles. The van der Waals surface area contributed by atoms with Gasteiger partial charge in [-0.2, -0.15) is 0 Å². The maximum absolute atomic E-state index is 12.0. The number of likely N-dealkylation sites (N-methyl/N-ethyl adjacent to an activating group) is 1. The summed E-state index contributed by atoms with van der Waals surface area (Å²) in [6.07, 6.45) is 0.601. The first-order valence-corrected chi connectivity index (χ1v) is 6.05. The van der Waals surface area contributed by atoms with Gasteiger partial charge in [0.25, 0.3) is 5.91 Å². The Hall–Kier alpha value is -1.81. The summed E-state index contributed by atoms with van der Waals surface area (Å²) >= 11 is 5.95. The van der Waals surface area contributed by atoms with Crippen LogP contribution in [0.25, 0.3) is 5.57 Å². The minimum absolute atomic E-state index is 0.0759. The molecule has 18 heavy (non-hydrogen) atoms. The molecule has 2 amide bonds. The second kappa shape index (κ2) is 3.85. The molecule has 0 spiro atoms. The Morgan fingerprint density at radius 1 is 1.33 bits per heavy atom. The van der Waals surface area contributed by atoms with Crippen LogP contribution < -0.4 is 5.32 Å². The monoisotopic (exact) mass is 262 g/mol. The number of carbonyl (C=O) groups excluding carboxylic acids is 2. The van der Waals surface area contributed by atoms with Crippen LogP contribution in [0, 0.1) is 0 Å². The molecule has 5 heteroatoms. The zero-order valence-corrected chi connectivity index (χ0v) is 10.5. The molecule has 3 rings (SSSR count). The second-order valence-electron chi connectivity index (χ2n) is 4.47. The van der Waals surface area contributed by atoms with Crippen molar-refractivity contribution < 1.29 is 9.59 Å².